The van der Waals surface area contributed by atoms with Crippen LogP contribution >= 0.6 is 11.6 Å². The lowest BCUT2D eigenvalue weighted by Crippen LogP contribution is -2.31. The van der Waals surface area contributed by atoms with Crippen molar-refractivity contribution in [3.8, 4) is 11.4 Å². The van der Waals surface area contributed by atoms with Crippen LogP contribution in [0.1, 0.15) is 18.5 Å². The van der Waals surface area contributed by atoms with Gasteiger partial charge in [-0.25, -0.2) is 4.68 Å². The van der Waals surface area contributed by atoms with Crippen LogP contribution in [0.5, 0.6) is 0 Å². The topological polar surface area (TPSA) is 97.6 Å². The van der Waals surface area contributed by atoms with Crippen LogP contribution in [0.25, 0.3) is 11.4 Å². The Bertz CT molecular complexity index is 1300. The quantitative estimate of drug-likeness (QED) is 0.487. The molecule has 8 nitrogen and oxygen atoms in total. The van der Waals surface area contributed by atoms with E-state index in [4.69, 9.17) is 16.7 Å². The van der Waals surface area contributed by atoms with Gasteiger partial charge in [0.2, 0.25) is 5.95 Å². The van der Waals surface area contributed by atoms with E-state index in [0.29, 0.717) is 33.8 Å². The fraction of sp³-hybridized carbons (Fsp3) is 0.0870. The number of benzene rings is 1. The number of amides is 1. The summed E-state index contributed by atoms with van der Waals surface area (Å²) < 4.78 is 1.72. The minimum Gasteiger partial charge on any atom is -0.328 e. The van der Waals surface area contributed by atoms with Crippen LogP contribution in [0.15, 0.2) is 84.6 Å². The second-order valence-corrected chi connectivity index (χ2v) is 7.70. The third-order valence-corrected chi connectivity index (χ3v) is 5.37. The van der Waals surface area contributed by atoms with Gasteiger partial charge in [0.05, 0.1) is 17.5 Å². The SMILES string of the molecule is CC1=C(C(=O)Nc2cccnc2)[C@@H](c2ccc(Cl)cc2)n2nc(-c3cccnc3)nc2N1. The number of pyridine rings is 2. The van der Waals surface area contributed by atoms with Gasteiger partial charge >= 0.3 is 0 Å². The third-order valence-electron chi connectivity index (χ3n) is 5.12. The molecule has 0 spiro atoms. The summed E-state index contributed by atoms with van der Waals surface area (Å²) in [6.07, 6.45) is 6.65. The summed E-state index contributed by atoms with van der Waals surface area (Å²) in [7, 11) is 0. The molecule has 9 heteroatoms. The number of halogens is 1. The van der Waals surface area contributed by atoms with Gasteiger partial charge in [0.25, 0.3) is 5.91 Å². The van der Waals surface area contributed by atoms with Crippen LogP contribution in [0.3, 0.4) is 0 Å². The second kappa shape index (κ2) is 8.24. The zero-order chi connectivity index (χ0) is 22.1. The van der Waals surface area contributed by atoms with Gasteiger partial charge in [-0.05, 0) is 48.9 Å². The molecule has 1 amide bonds. The van der Waals surface area contributed by atoms with E-state index in [-0.39, 0.29) is 5.91 Å². The number of nitrogens with one attached hydrogen (secondary N) is 2. The van der Waals surface area contributed by atoms with E-state index in [1.54, 1.807) is 53.7 Å². The van der Waals surface area contributed by atoms with Gasteiger partial charge < -0.3 is 10.6 Å². The number of allylic oxidation sites excluding steroid dienone is 1. The van der Waals surface area contributed by atoms with Gasteiger partial charge in [0.1, 0.15) is 6.04 Å². The van der Waals surface area contributed by atoms with E-state index >= 15 is 0 Å². The molecule has 4 heterocycles. The average Bonchev–Trinajstić information content (AvgIpc) is 3.23. The molecule has 32 heavy (non-hydrogen) atoms. The maximum Gasteiger partial charge on any atom is 0.255 e. The highest BCUT2D eigenvalue weighted by Gasteiger charge is 2.34. The molecule has 1 aliphatic heterocycles. The predicted octanol–water partition coefficient (Wildman–Crippen LogP) is 4.32. The molecule has 1 atom stereocenters. The van der Waals surface area contributed by atoms with Gasteiger partial charge in [0.15, 0.2) is 5.82 Å². The number of anilines is 2. The van der Waals surface area contributed by atoms with Crippen molar-refractivity contribution in [1.29, 1.82) is 0 Å². The Labute approximate surface area is 189 Å². The number of aromatic nitrogens is 5. The van der Waals surface area contributed by atoms with Crippen LogP contribution in [-0.2, 0) is 4.79 Å². The summed E-state index contributed by atoms with van der Waals surface area (Å²) in [6.45, 7) is 1.85. The van der Waals surface area contributed by atoms with Gasteiger partial charge in [-0.15, -0.1) is 5.10 Å². The van der Waals surface area contributed by atoms with Crippen molar-refractivity contribution < 1.29 is 4.79 Å². The normalized spacial score (nSPS) is 15.1. The number of hydrogen-bond donors (Lipinski definition) is 2. The minimum atomic E-state index is -0.502. The molecule has 0 aliphatic carbocycles. The lowest BCUT2D eigenvalue weighted by Gasteiger charge is -2.28. The van der Waals surface area contributed by atoms with Crippen LogP contribution < -0.4 is 10.6 Å². The molecule has 0 radical (unpaired) electrons. The molecule has 1 aromatic carbocycles. The van der Waals surface area contributed by atoms with E-state index in [1.165, 1.54) is 0 Å². The number of nitrogens with zero attached hydrogens (tertiary/aromatic N) is 5. The highest BCUT2D eigenvalue weighted by molar-refractivity contribution is 6.30. The van der Waals surface area contributed by atoms with Crippen molar-refractivity contribution in [3.63, 3.8) is 0 Å². The molecule has 5 rings (SSSR count). The largest absolute Gasteiger partial charge is 0.328 e. The van der Waals surface area contributed by atoms with Crippen molar-refractivity contribution in [1.82, 2.24) is 24.7 Å². The number of fused-ring (bicyclic) bond motifs is 1. The lowest BCUT2D eigenvalue weighted by atomic mass is 9.95. The standard InChI is InChI=1S/C23H18ClN7O/c1-14-19(22(32)28-18-5-3-11-26-13-18)20(15-6-8-17(24)9-7-15)31-23(27-14)29-21(30-31)16-4-2-10-25-12-16/h2-13,20H,1H3,(H,28,32)(H,27,29,30)/t20-/m1/s1. The Kier molecular flexibility index (Phi) is 5.12. The van der Waals surface area contributed by atoms with E-state index in [1.807, 2.05) is 31.2 Å². The summed E-state index contributed by atoms with van der Waals surface area (Å²) in [6, 6.07) is 14.1. The number of carbonyl (C=O) groups excluding carboxylic acids is 1. The molecule has 0 saturated heterocycles. The highest BCUT2D eigenvalue weighted by atomic mass is 35.5. The van der Waals surface area contributed by atoms with Gasteiger partial charge in [-0.3, -0.25) is 14.8 Å². The number of carbonyl (C=O) groups is 1. The Morgan fingerprint density at radius 1 is 1.06 bits per heavy atom. The number of rotatable bonds is 4. The van der Waals surface area contributed by atoms with Crippen molar-refractivity contribution in [2.24, 2.45) is 0 Å². The van der Waals surface area contributed by atoms with E-state index < -0.39 is 6.04 Å². The first-order valence-corrected chi connectivity index (χ1v) is 10.3. The van der Waals surface area contributed by atoms with Gasteiger partial charge in [0, 0.05) is 34.9 Å². The van der Waals surface area contributed by atoms with Gasteiger partial charge in [-0.2, -0.15) is 4.98 Å². The van der Waals surface area contributed by atoms with Crippen molar-refractivity contribution in [3.05, 3.63) is 95.2 Å². The Morgan fingerprint density at radius 2 is 1.81 bits per heavy atom. The van der Waals surface area contributed by atoms with Gasteiger partial charge in [-0.1, -0.05) is 23.7 Å². The van der Waals surface area contributed by atoms with Crippen LogP contribution in [0.4, 0.5) is 11.6 Å². The summed E-state index contributed by atoms with van der Waals surface area (Å²) in [5.74, 6) is 0.799. The minimum absolute atomic E-state index is 0.257. The fourth-order valence-electron chi connectivity index (χ4n) is 3.65. The molecule has 4 aromatic rings. The Balaban J connectivity index is 1.60. The molecule has 1 aliphatic rings. The third kappa shape index (κ3) is 3.72. The molecular weight excluding hydrogens is 426 g/mol. The second-order valence-electron chi connectivity index (χ2n) is 7.26. The first kappa shape index (κ1) is 19.9. The smallest absolute Gasteiger partial charge is 0.255 e. The van der Waals surface area contributed by atoms with Crippen molar-refractivity contribution >= 4 is 29.1 Å². The van der Waals surface area contributed by atoms with Crippen molar-refractivity contribution in [2.45, 2.75) is 13.0 Å². The molecule has 0 unspecified atom stereocenters. The molecule has 3 aromatic heterocycles. The van der Waals surface area contributed by atoms with Crippen LogP contribution in [0.2, 0.25) is 5.02 Å². The zero-order valence-electron chi connectivity index (χ0n) is 17.0. The van der Waals surface area contributed by atoms with Crippen LogP contribution in [-0.4, -0.2) is 30.6 Å². The Hall–Kier alpha value is -4.04. The van der Waals surface area contributed by atoms with Crippen molar-refractivity contribution in [2.75, 3.05) is 10.6 Å². The summed E-state index contributed by atoms with van der Waals surface area (Å²) in [5, 5.41) is 11.5. The fourth-order valence-corrected chi connectivity index (χ4v) is 3.78. The summed E-state index contributed by atoms with van der Waals surface area (Å²) in [4.78, 5) is 26.2. The van der Waals surface area contributed by atoms with E-state index in [9.17, 15) is 4.79 Å². The molecule has 2 N–H and O–H groups in total. The first-order chi connectivity index (χ1) is 15.6. The predicted molar refractivity (Wildman–Crippen MR) is 122 cm³/mol. The van der Waals surface area contributed by atoms with Crippen LogP contribution in [0, 0.1) is 0 Å². The van der Waals surface area contributed by atoms with E-state index in [0.717, 1.165) is 11.1 Å². The molecular formula is C23H18ClN7O. The van der Waals surface area contributed by atoms with E-state index in [2.05, 4.69) is 25.6 Å². The molecule has 0 saturated carbocycles. The molecule has 0 fully saturated rings. The monoisotopic (exact) mass is 443 g/mol. The first-order valence-electron chi connectivity index (χ1n) is 9.92. The molecule has 158 valence electrons. The summed E-state index contributed by atoms with van der Waals surface area (Å²) in [5.41, 5.74) is 3.45. The maximum atomic E-state index is 13.4. The highest BCUT2D eigenvalue weighted by Crippen LogP contribution is 2.37. The lowest BCUT2D eigenvalue weighted by molar-refractivity contribution is -0.113. The molecule has 0 bridgehead atoms. The maximum absolute atomic E-state index is 13.4. The Morgan fingerprint density at radius 3 is 2.50 bits per heavy atom. The number of hydrogen-bond acceptors (Lipinski definition) is 6. The summed E-state index contributed by atoms with van der Waals surface area (Å²) >= 11 is 6.12. The average molecular weight is 444 g/mol. The zero-order valence-corrected chi connectivity index (χ0v) is 17.8.